The van der Waals surface area contributed by atoms with Gasteiger partial charge < -0.3 is 9.64 Å². The summed E-state index contributed by atoms with van der Waals surface area (Å²) in [6, 6.07) is 22.6. The number of anilines is 1. The maximum atomic E-state index is 13.2. The van der Waals surface area contributed by atoms with Gasteiger partial charge in [0.2, 0.25) is 15.8 Å². The molecule has 1 aliphatic heterocycles. The van der Waals surface area contributed by atoms with E-state index in [9.17, 15) is 18.0 Å². The SMILES string of the molecule is Cc1ccc(C(=O)C(C)OC(=O)c2cccc(S(=O)(=O)N3CCN(c4ccccc4)CC3)c2)cc1. The maximum absolute atomic E-state index is 13.2. The second-order valence-electron chi connectivity index (χ2n) is 8.53. The standard InChI is InChI=1S/C27H28N2O5S/c1-20-11-13-22(14-12-20)26(30)21(2)34-27(31)23-7-6-10-25(19-23)35(32,33)29-17-15-28(16-18-29)24-8-4-3-5-9-24/h3-14,19,21H,15-18H2,1-2H3. The van der Waals surface area contributed by atoms with Crippen molar-refractivity contribution in [3.8, 4) is 0 Å². The number of Topliss-reactive ketones (excluding diaryl/α,β-unsaturated/α-hetero) is 1. The Morgan fingerprint density at radius 3 is 2.14 bits per heavy atom. The minimum absolute atomic E-state index is 0.0256. The van der Waals surface area contributed by atoms with Gasteiger partial charge in [-0.15, -0.1) is 0 Å². The van der Waals surface area contributed by atoms with E-state index in [0.717, 1.165) is 11.3 Å². The Hall–Kier alpha value is -3.49. The molecule has 1 unspecified atom stereocenters. The molecule has 8 heteroatoms. The number of hydrogen-bond acceptors (Lipinski definition) is 6. The molecular formula is C27H28N2O5S. The van der Waals surface area contributed by atoms with E-state index in [1.54, 1.807) is 12.1 Å². The fourth-order valence-electron chi connectivity index (χ4n) is 3.99. The van der Waals surface area contributed by atoms with E-state index in [2.05, 4.69) is 4.90 Å². The number of nitrogens with zero attached hydrogens (tertiary/aromatic N) is 2. The van der Waals surface area contributed by atoms with E-state index in [-0.39, 0.29) is 16.2 Å². The fourth-order valence-corrected chi connectivity index (χ4v) is 5.46. The van der Waals surface area contributed by atoms with E-state index in [1.165, 1.54) is 35.5 Å². The van der Waals surface area contributed by atoms with Gasteiger partial charge in [-0.25, -0.2) is 13.2 Å². The minimum Gasteiger partial charge on any atom is -0.451 e. The van der Waals surface area contributed by atoms with Gasteiger partial charge in [0.15, 0.2) is 6.10 Å². The number of ketones is 1. The van der Waals surface area contributed by atoms with Crippen LogP contribution in [0.3, 0.4) is 0 Å². The largest absolute Gasteiger partial charge is 0.451 e. The zero-order chi connectivity index (χ0) is 25.0. The molecule has 0 spiro atoms. The summed E-state index contributed by atoms with van der Waals surface area (Å²) in [7, 11) is -3.78. The number of rotatable bonds is 7. The quantitative estimate of drug-likeness (QED) is 0.367. The zero-order valence-corrected chi connectivity index (χ0v) is 20.6. The van der Waals surface area contributed by atoms with Crippen LogP contribution in [-0.2, 0) is 14.8 Å². The molecule has 0 aliphatic carbocycles. The number of esters is 1. The molecule has 4 rings (SSSR count). The number of carbonyl (C=O) groups is 2. The second-order valence-corrected chi connectivity index (χ2v) is 10.5. The van der Waals surface area contributed by atoms with Crippen LogP contribution in [0, 0.1) is 6.92 Å². The Kier molecular flexibility index (Phi) is 7.33. The number of aryl methyl sites for hydroxylation is 1. The maximum Gasteiger partial charge on any atom is 0.338 e. The molecule has 0 saturated carbocycles. The summed E-state index contributed by atoms with van der Waals surface area (Å²) < 4.78 is 33.3. The summed E-state index contributed by atoms with van der Waals surface area (Å²) in [6.45, 7) is 5.25. The molecule has 0 bridgehead atoms. The van der Waals surface area contributed by atoms with Crippen molar-refractivity contribution in [1.82, 2.24) is 4.31 Å². The molecule has 7 nitrogen and oxygen atoms in total. The normalized spacial score (nSPS) is 15.4. The molecular weight excluding hydrogens is 464 g/mol. The predicted molar refractivity (Wildman–Crippen MR) is 134 cm³/mol. The van der Waals surface area contributed by atoms with Crippen LogP contribution < -0.4 is 4.90 Å². The second kappa shape index (κ2) is 10.4. The predicted octanol–water partition coefficient (Wildman–Crippen LogP) is 3.93. The van der Waals surface area contributed by atoms with Gasteiger partial charge in [-0.2, -0.15) is 4.31 Å². The van der Waals surface area contributed by atoms with Crippen molar-refractivity contribution in [2.45, 2.75) is 24.8 Å². The monoisotopic (exact) mass is 492 g/mol. The van der Waals surface area contributed by atoms with Gasteiger partial charge in [0.05, 0.1) is 10.5 Å². The van der Waals surface area contributed by atoms with Crippen LogP contribution in [0.2, 0.25) is 0 Å². The van der Waals surface area contributed by atoms with Crippen molar-refractivity contribution in [3.05, 3.63) is 95.6 Å². The van der Waals surface area contributed by atoms with Crippen molar-refractivity contribution in [2.24, 2.45) is 0 Å². The van der Waals surface area contributed by atoms with Crippen LogP contribution in [0.15, 0.2) is 83.8 Å². The van der Waals surface area contributed by atoms with Crippen LogP contribution in [0.25, 0.3) is 0 Å². The number of sulfonamides is 1. The Morgan fingerprint density at radius 1 is 0.829 bits per heavy atom. The van der Waals surface area contributed by atoms with E-state index >= 15 is 0 Å². The highest BCUT2D eigenvalue weighted by atomic mass is 32.2. The Bertz CT molecular complexity index is 1300. The number of benzene rings is 3. The first-order valence-electron chi connectivity index (χ1n) is 11.5. The number of piperazine rings is 1. The lowest BCUT2D eigenvalue weighted by molar-refractivity contribution is 0.0318. The third kappa shape index (κ3) is 5.61. The molecule has 1 aliphatic rings. The molecule has 3 aromatic carbocycles. The van der Waals surface area contributed by atoms with Crippen molar-refractivity contribution >= 4 is 27.5 Å². The average Bonchev–Trinajstić information content (AvgIpc) is 2.89. The molecule has 1 fully saturated rings. The van der Waals surface area contributed by atoms with Crippen molar-refractivity contribution in [2.75, 3.05) is 31.1 Å². The van der Waals surface area contributed by atoms with Gasteiger partial charge in [-0.05, 0) is 44.2 Å². The zero-order valence-electron chi connectivity index (χ0n) is 19.8. The highest BCUT2D eigenvalue weighted by molar-refractivity contribution is 7.89. The lowest BCUT2D eigenvalue weighted by Crippen LogP contribution is -2.48. The summed E-state index contributed by atoms with van der Waals surface area (Å²) in [4.78, 5) is 27.5. The van der Waals surface area contributed by atoms with Crippen LogP contribution in [0.1, 0.15) is 33.2 Å². The third-order valence-electron chi connectivity index (χ3n) is 6.06. The first kappa shape index (κ1) is 24.6. The third-order valence-corrected chi connectivity index (χ3v) is 7.95. The summed E-state index contributed by atoms with van der Waals surface area (Å²) in [5, 5.41) is 0. The highest BCUT2D eigenvalue weighted by Crippen LogP contribution is 2.22. The van der Waals surface area contributed by atoms with Gasteiger partial charge in [0, 0.05) is 37.4 Å². The van der Waals surface area contributed by atoms with Crippen LogP contribution in [0.5, 0.6) is 0 Å². The Labute approximate surface area is 206 Å². The lowest BCUT2D eigenvalue weighted by atomic mass is 10.1. The molecule has 3 aromatic rings. The van der Waals surface area contributed by atoms with Gasteiger partial charge >= 0.3 is 5.97 Å². The summed E-state index contributed by atoms with van der Waals surface area (Å²) >= 11 is 0. The van der Waals surface area contributed by atoms with E-state index in [1.807, 2.05) is 49.4 Å². The fraction of sp³-hybridized carbons (Fsp3) is 0.259. The van der Waals surface area contributed by atoms with Crippen molar-refractivity contribution < 1.29 is 22.7 Å². The minimum atomic E-state index is -3.78. The molecule has 0 radical (unpaired) electrons. The van der Waals surface area contributed by atoms with Crippen molar-refractivity contribution in [1.29, 1.82) is 0 Å². The van der Waals surface area contributed by atoms with Gasteiger partial charge in [-0.3, -0.25) is 4.79 Å². The van der Waals surface area contributed by atoms with Gasteiger partial charge in [0.1, 0.15) is 0 Å². The van der Waals surface area contributed by atoms with Crippen molar-refractivity contribution in [3.63, 3.8) is 0 Å². The number of hydrogen-bond donors (Lipinski definition) is 0. The van der Waals surface area contributed by atoms with E-state index in [0.29, 0.717) is 31.7 Å². The van der Waals surface area contributed by atoms with Crippen LogP contribution in [0.4, 0.5) is 5.69 Å². The first-order valence-corrected chi connectivity index (χ1v) is 12.9. The molecule has 0 amide bonds. The van der Waals surface area contributed by atoms with E-state index in [4.69, 9.17) is 4.74 Å². The molecule has 182 valence electrons. The smallest absolute Gasteiger partial charge is 0.338 e. The Morgan fingerprint density at radius 2 is 1.49 bits per heavy atom. The molecule has 1 atom stereocenters. The summed E-state index contributed by atoms with van der Waals surface area (Å²) in [5.41, 5.74) is 2.61. The molecule has 1 heterocycles. The lowest BCUT2D eigenvalue weighted by Gasteiger charge is -2.35. The number of carbonyl (C=O) groups excluding carboxylic acids is 2. The highest BCUT2D eigenvalue weighted by Gasteiger charge is 2.29. The molecule has 0 N–H and O–H groups in total. The first-order chi connectivity index (χ1) is 16.8. The summed E-state index contributed by atoms with van der Waals surface area (Å²) in [5.74, 6) is -1.07. The summed E-state index contributed by atoms with van der Waals surface area (Å²) in [6.07, 6.45) is -1.00. The number of para-hydroxylation sites is 1. The molecule has 35 heavy (non-hydrogen) atoms. The topological polar surface area (TPSA) is 84.0 Å². The van der Waals surface area contributed by atoms with E-state index < -0.39 is 22.1 Å². The van der Waals surface area contributed by atoms with Crippen LogP contribution >= 0.6 is 0 Å². The Balaban J connectivity index is 1.42. The molecule has 0 aromatic heterocycles. The molecule has 1 saturated heterocycles. The van der Waals surface area contributed by atoms with Gasteiger partial charge in [-0.1, -0.05) is 54.1 Å². The average molecular weight is 493 g/mol. The van der Waals surface area contributed by atoms with Crippen LogP contribution in [-0.4, -0.2) is 56.8 Å². The van der Waals surface area contributed by atoms with Gasteiger partial charge in [0.25, 0.3) is 0 Å². The number of ether oxygens (including phenoxy) is 1.